The van der Waals surface area contributed by atoms with Crippen LogP contribution in [-0.2, 0) is 4.79 Å². The summed E-state index contributed by atoms with van der Waals surface area (Å²) in [7, 11) is 1.59. The van der Waals surface area contributed by atoms with E-state index in [0.29, 0.717) is 23.7 Å². The topological polar surface area (TPSA) is 97.4 Å². The Morgan fingerprint density at radius 1 is 1.21 bits per heavy atom. The van der Waals surface area contributed by atoms with Crippen LogP contribution in [0.25, 0.3) is 0 Å². The summed E-state index contributed by atoms with van der Waals surface area (Å²) in [5.74, 6) is -0.160. The molecule has 8 heteroatoms. The van der Waals surface area contributed by atoms with E-state index in [-0.39, 0.29) is 11.6 Å². The van der Waals surface area contributed by atoms with Crippen molar-refractivity contribution in [3.8, 4) is 5.75 Å². The first-order valence-corrected chi connectivity index (χ1v) is 8.86. The van der Waals surface area contributed by atoms with E-state index in [0.717, 1.165) is 12.0 Å². The Kier molecular flexibility index (Phi) is 5.78. The number of rotatable bonds is 7. The van der Waals surface area contributed by atoms with Gasteiger partial charge in [0.25, 0.3) is 11.6 Å². The number of amides is 1. The molecule has 1 aliphatic heterocycles. The van der Waals surface area contributed by atoms with Crippen molar-refractivity contribution in [3.05, 3.63) is 64.2 Å². The first-order valence-electron chi connectivity index (χ1n) is 8.86. The second-order valence-corrected chi connectivity index (χ2v) is 6.17. The number of ether oxygens (including phenoxy) is 1. The van der Waals surface area contributed by atoms with Crippen molar-refractivity contribution in [1.29, 1.82) is 0 Å². The first kappa shape index (κ1) is 19.2. The molecule has 28 heavy (non-hydrogen) atoms. The van der Waals surface area contributed by atoms with Crippen LogP contribution in [0, 0.1) is 16.0 Å². The van der Waals surface area contributed by atoms with Gasteiger partial charge in [-0.1, -0.05) is 6.92 Å². The average Bonchev–Trinajstić information content (AvgIpc) is 3.05. The minimum atomic E-state index is -0.616. The summed E-state index contributed by atoms with van der Waals surface area (Å²) in [5.41, 5.74) is 1.78. The number of anilines is 1. The van der Waals surface area contributed by atoms with Crippen LogP contribution >= 0.6 is 0 Å². The van der Waals surface area contributed by atoms with E-state index in [2.05, 4.69) is 10.1 Å². The molecule has 2 aromatic carbocycles. The van der Waals surface area contributed by atoms with Crippen LogP contribution in [-0.4, -0.2) is 36.4 Å². The van der Waals surface area contributed by atoms with Crippen LogP contribution in [0.1, 0.15) is 18.9 Å². The SMILES string of the molecule is CCCN=CC1C(=O)N(c2ccc([N+](=O)[O-])cc2)N=C1c1ccc(OC)cc1. The third-order valence-corrected chi connectivity index (χ3v) is 4.28. The third kappa shape index (κ3) is 3.90. The summed E-state index contributed by atoms with van der Waals surface area (Å²) in [4.78, 5) is 27.7. The van der Waals surface area contributed by atoms with Gasteiger partial charge in [-0.15, -0.1) is 0 Å². The molecule has 0 N–H and O–H groups in total. The van der Waals surface area contributed by atoms with E-state index in [1.54, 1.807) is 25.5 Å². The molecule has 0 fully saturated rings. The number of nitro groups is 1. The third-order valence-electron chi connectivity index (χ3n) is 4.28. The van der Waals surface area contributed by atoms with Gasteiger partial charge in [0.05, 0.1) is 23.4 Å². The molecule has 3 rings (SSSR count). The molecule has 0 saturated heterocycles. The Labute approximate surface area is 162 Å². The number of carbonyl (C=O) groups excluding carboxylic acids is 1. The van der Waals surface area contributed by atoms with Crippen molar-refractivity contribution in [1.82, 2.24) is 0 Å². The Hall–Kier alpha value is -3.55. The number of non-ortho nitro benzene ring substituents is 1. The molecule has 1 atom stereocenters. The fourth-order valence-corrected chi connectivity index (χ4v) is 2.81. The highest BCUT2D eigenvalue weighted by atomic mass is 16.6. The quantitative estimate of drug-likeness (QED) is 0.417. The number of hydrogen-bond donors (Lipinski definition) is 0. The van der Waals surface area contributed by atoms with Gasteiger partial charge in [0.2, 0.25) is 0 Å². The van der Waals surface area contributed by atoms with Crippen LogP contribution in [0.3, 0.4) is 0 Å². The highest BCUT2D eigenvalue weighted by Crippen LogP contribution is 2.28. The standard InChI is InChI=1S/C20H20N4O4/c1-3-12-21-13-18-19(14-4-10-17(28-2)11-5-14)22-23(20(18)25)15-6-8-16(9-7-15)24(26)27/h4-11,13,18H,3,12H2,1-2H3. The van der Waals surface area contributed by atoms with Crippen LogP contribution in [0.15, 0.2) is 58.6 Å². The molecule has 1 heterocycles. The van der Waals surface area contributed by atoms with Crippen molar-refractivity contribution in [3.63, 3.8) is 0 Å². The predicted octanol–water partition coefficient (Wildman–Crippen LogP) is 3.45. The van der Waals surface area contributed by atoms with E-state index in [1.807, 2.05) is 19.1 Å². The fraction of sp³-hybridized carbons (Fsp3) is 0.250. The normalized spacial score (nSPS) is 16.5. The largest absolute Gasteiger partial charge is 0.497 e. The Balaban J connectivity index is 1.97. The van der Waals surface area contributed by atoms with Gasteiger partial charge in [-0.2, -0.15) is 10.1 Å². The lowest BCUT2D eigenvalue weighted by Gasteiger charge is -2.12. The van der Waals surface area contributed by atoms with E-state index >= 15 is 0 Å². The molecule has 1 unspecified atom stereocenters. The Morgan fingerprint density at radius 3 is 2.46 bits per heavy atom. The monoisotopic (exact) mass is 380 g/mol. The van der Waals surface area contributed by atoms with Crippen LogP contribution in [0.4, 0.5) is 11.4 Å². The molecule has 0 aromatic heterocycles. The maximum Gasteiger partial charge on any atom is 0.269 e. The Morgan fingerprint density at radius 2 is 1.89 bits per heavy atom. The van der Waals surface area contributed by atoms with Crippen molar-refractivity contribution in [2.75, 3.05) is 18.7 Å². The molecule has 0 aliphatic carbocycles. The number of hydrazone groups is 1. The molecule has 1 aliphatic rings. The molecule has 1 amide bonds. The fourth-order valence-electron chi connectivity index (χ4n) is 2.81. The zero-order valence-corrected chi connectivity index (χ0v) is 15.6. The average molecular weight is 380 g/mol. The maximum atomic E-state index is 13.0. The minimum Gasteiger partial charge on any atom is -0.497 e. The molecule has 144 valence electrons. The highest BCUT2D eigenvalue weighted by Gasteiger charge is 2.36. The van der Waals surface area contributed by atoms with E-state index in [1.165, 1.54) is 29.3 Å². The number of aliphatic imine (C=N–C) groups is 1. The minimum absolute atomic E-state index is 0.0455. The smallest absolute Gasteiger partial charge is 0.269 e. The number of hydrogen-bond acceptors (Lipinski definition) is 6. The predicted molar refractivity (Wildman–Crippen MR) is 107 cm³/mol. The lowest BCUT2D eigenvalue weighted by molar-refractivity contribution is -0.384. The second kappa shape index (κ2) is 8.43. The second-order valence-electron chi connectivity index (χ2n) is 6.17. The summed E-state index contributed by atoms with van der Waals surface area (Å²) in [6, 6.07) is 13.0. The van der Waals surface area contributed by atoms with Crippen LogP contribution < -0.4 is 9.75 Å². The highest BCUT2D eigenvalue weighted by molar-refractivity contribution is 6.29. The van der Waals surface area contributed by atoms with Crippen molar-refractivity contribution < 1.29 is 14.5 Å². The van der Waals surface area contributed by atoms with Crippen molar-refractivity contribution in [2.24, 2.45) is 16.0 Å². The zero-order chi connectivity index (χ0) is 20.1. The molecular weight excluding hydrogens is 360 g/mol. The van der Waals surface area contributed by atoms with Gasteiger partial charge in [0, 0.05) is 24.9 Å². The van der Waals surface area contributed by atoms with Gasteiger partial charge in [0.15, 0.2) is 0 Å². The van der Waals surface area contributed by atoms with Gasteiger partial charge in [-0.3, -0.25) is 19.9 Å². The first-order chi connectivity index (χ1) is 13.5. The summed E-state index contributed by atoms with van der Waals surface area (Å²) in [6.45, 7) is 2.63. The van der Waals surface area contributed by atoms with Crippen molar-refractivity contribution >= 4 is 29.2 Å². The Bertz CT molecular complexity index is 920. The van der Waals surface area contributed by atoms with Gasteiger partial charge in [-0.05, 0) is 48.4 Å². The van der Waals surface area contributed by atoms with Crippen molar-refractivity contribution in [2.45, 2.75) is 13.3 Å². The molecular formula is C20H20N4O4. The number of carbonyl (C=O) groups is 1. The summed E-state index contributed by atoms with van der Waals surface area (Å²) in [5, 5.41) is 16.6. The molecule has 0 saturated carbocycles. The lowest BCUT2D eigenvalue weighted by atomic mass is 9.97. The molecule has 2 aromatic rings. The molecule has 0 bridgehead atoms. The summed E-state index contributed by atoms with van der Waals surface area (Å²) < 4.78 is 5.18. The zero-order valence-electron chi connectivity index (χ0n) is 15.6. The van der Waals surface area contributed by atoms with E-state index in [4.69, 9.17) is 4.74 Å². The number of nitro benzene ring substituents is 1. The molecule has 8 nitrogen and oxygen atoms in total. The van der Waals surface area contributed by atoms with Gasteiger partial charge in [0.1, 0.15) is 11.7 Å². The number of methoxy groups -OCH3 is 1. The van der Waals surface area contributed by atoms with E-state index in [9.17, 15) is 14.9 Å². The van der Waals surface area contributed by atoms with Gasteiger partial charge in [-0.25, -0.2) is 0 Å². The number of nitrogens with zero attached hydrogens (tertiary/aromatic N) is 4. The lowest BCUT2D eigenvalue weighted by Crippen LogP contribution is -2.28. The van der Waals surface area contributed by atoms with Gasteiger partial charge < -0.3 is 4.74 Å². The summed E-state index contributed by atoms with van der Waals surface area (Å²) >= 11 is 0. The summed E-state index contributed by atoms with van der Waals surface area (Å²) in [6.07, 6.45) is 2.50. The van der Waals surface area contributed by atoms with Crippen LogP contribution in [0.5, 0.6) is 5.75 Å². The maximum absolute atomic E-state index is 13.0. The van der Waals surface area contributed by atoms with E-state index < -0.39 is 10.8 Å². The van der Waals surface area contributed by atoms with Gasteiger partial charge >= 0.3 is 0 Å². The molecule has 0 radical (unpaired) electrons. The number of benzene rings is 2. The van der Waals surface area contributed by atoms with Crippen LogP contribution in [0.2, 0.25) is 0 Å². The molecule has 0 spiro atoms.